The molecule has 0 unspecified atom stereocenters. The van der Waals surface area contributed by atoms with Gasteiger partial charge in [0.1, 0.15) is 0 Å². The maximum atomic E-state index is 11.8. The second-order valence-electron chi connectivity index (χ2n) is 4.11. The molecule has 1 rings (SSSR count). The first-order valence-electron chi connectivity index (χ1n) is 5.70. The summed E-state index contributed by atoms with van der Waals surface area (Å²) in [6, 6.07) is 4.48. The van der Waals surface area contributed by atoms with Gasteiger partial charge in [-0.1, -0.05) is 11.6 Å². The van der Waals surface area contributed by atoms with E-state index >= 15 is 0 Å². The lowest BCUT2D eigenvalue weighted by atomic mass is 10.1. The highest BCUT2D eigenvalue weighted by atomic mass is 35.5. The molecule has 0 atom stereocenters. The van der Waals surface area contributed by atoms with Gasteiger partial charge in [0, 0.05) is 37.9 Å². The summed E-state index contributed by atoms with van der Waals surface area (Å²) in [5.74, 6) is -0.320. The van der Waals surface area contributed by atoms with Gasteiger partial charge in [0.25, 0.3) is 5.91 Å². The highest BCUT2D eigenvalue weighted by Crippen LogP contribution is 2.17. The van der Waals surface area contributed by atoms with Crippen LogP contribution >= 0.6 is 11.6 Å². The first-order chi connectivity index (χ1) is 8.91. The molecule has 19 heavy (non-hydrogen) atoms. The Labute approximate surface area is 116 Å². The molecular formula is C12H17ClN4O2. The lowest BCUT2D eigenvalue weighted by Gasteiger charge is -2.12. The van der Waals surface area contributed by atoms with Crippen LogP contribution in [0.15, 0.2) is 18.2 Å². The Hall–Kier alpha value is -1.95. The topological polar surface area (TPSA) is 87.5 Å². The molecule has 0 aliphatic rings. The molecular weight excluding hydrogens is 268 g/mol. The summed E-state index contributed by atoms with van der Waals surface area (Å²) in [5, 5.41) is 5.73. The summed E-state index contributed by atoms with van der Waals surface area (Å²) in [6.45, 7) is 0.646. The summed E-state index contributed by atoms with van der Waals surface area (Å²) in [6.07, 6.45) is 0. The van der Waals surface area contributed by atoms with Crippen LogP contribution in [0, 0.1) is 0 Å². The number of rotatable bonds is 4. The number of hydrogen-bond donors (Lipinski definition) is 3. The van der Waals surface area contributed by atoms with Gasteiger partial charge in [-0.2, -0.15) is 0 Å². The highest BCUT2D eigenvalue weighted by molar-refractivity contribution is 6.31. The highest BCUT2D eigenvalue weighted by Gasteiger charge is 2.10. The molecule has 0 spiro atoms. The fraction of sp³-hybridized carbons (Fsp3) is 0.333. The molecule has 104 valence electrons. The number of nitrogens with one attached hydrogen (secondary N) is 2. The van der Waals surface area contributed by atoms with Crippen LogP contribution in [0.4, 0.5) is 10.5 Å². The minimum absolute atomic E-state index is 0.212. The molecule has 1 aromatic rings. The smallest absolute Gasteiger partial charge is 0.316 e. The molecule has 0 saturated heterocycles. The van der Waals surface area contributed by atoms with Crippen molar-refractivity contribution in [1.82, 2.24) is 15.5 Å². The van der Waals surface area contributed by atoms with Gasteiger partial charge in [-0.25, -0.2) is 4.79 Å². The maximum Gasteiger partial charge on any atom is 0.316 e. The third-order valence-corrected chi connectivity index (χ3v) is 2.59. The molecule has 0 aliphatic heterocycles. The van der Waals surface area contributed by atoms with E-state index in [1.54, 1.807) is 26.2 Å². The number of carbonyl (C=O) groups excluding carboxylic acids is 2. The van der Waals surface area contributed by atoms with E-state index in [0.717, 1.165) is 0 Å². The van der Waals surface area contributed by atoms with Crippen molar-refractivity contribution in [2.75, 3.05) is 32.9 Å². The molecule has 0 heterocycles. The first kappa shape index (κ1) is 15.1. The zero-order valence-corrected chi connectivity index (χ0v) is 11.6. The van der Waals surface area contributed by atoms with E-state index in [-0.39, 0.29) is 11.9 Å². The van der Waals surface area contributed by atoms with E-state index in [2.05, 4.69) is 10.6 Å². The van der Waals surface area contributed by atoms with E-state index in [1.807, 2.05) is 0 Å². The van der Waals surface area contributed by atoms with Crippen molar-refractivity contribution in [2.24, 2.45) is 0 Å². The number of urea groups is 1. The van der Waals surface area contributed by atoms with Gasteiger partial charge >= 0.3 is 6.03 Å². The van der Waals surface area contributed by atoms with Crippen LogP contribution in [0.5, 0.6) is 0 Å². The van der Waals surface area contributed by atoms with Crippen molar-refractivity contribution in [1.29, 1.82) is 0 Å². The van der Waals surface area contributed by atoms with Crippen LogP contribution in [0.25, 0.3) is 0 Å². The SMILES string of the molecule is CN(C)C(=O)NCCNC(=O)c1cc(Cl)ccc1N. The van der Waals surface area contributed by atoms with E-state index in [4.69, 9.17) is 17.3 Å². The molecule has 0 bridgehead atoms. The van der Waals surface area contributed by atoms with Crippen molar-refractivity contribution in [3.63, 3.8) is 0 Å². The van der Waals surface area contributed by atoms with Crippen LogP contribution in [-0.4, -0.2) is 44.0 Å². The number of halogens is 1. The van der Waals surface area contributed by atoms with Gasteiger partial charge in [-0.15, -0.1) is 0 Å². The molecule has 4 N–H and O–H groups in total. The second kappa shape index (κ2) is 6.84. The molecule has 3 amide bonds. The fourth-order valence-electron chi connectivity index (χ4n) is 1.32. The Balaban J connectivity index is 2.44. The number of benzene rings is 1. The summed E-state index contributed by atoms with van der Waals surface area (Å²) < 4.78 is 0. The van der Waals surface area contributed by atoms with Gasteiger partial charge in [0.15, 0.2) is 0 Å². The molecule has 0 saturated carbocycles. The van der Waals surface area contributed by atoms with E-state index in [1.165, 1.54) is 11.0 Å². The van der Waals surface area contributed by atoms with Crippen LogP contribution in [-0.2, 0) is 0 Å². The molecule has 0 radical (unpaired) electrons. The van der Waals surface area contributed by atoms with Crippen molar-refractivity contribution in [3.8, 4) is 0 Å². The van der Waals surface area contributed by atoms with Crippen LogP contribution in [0.1, 0.15) is 10.4 Å². The molecule has 0 aliphatic carbocycles. The van der Waals surface area contributed by atoms with Crippen LogP contribution < -0.4 is 16.4 Å². The standard InChI is InChI=1S/C12H17ClN4O2/c1-17(2)12(19)16-6-5-15-11(18)9-7-8(13)3-4-10(9)14/h3-4,7H,5-6,14H2,1-2H3,(H,15,18)(H,16,19). The summed E-state index contributed by atoms with van der Waals surface area (Å²) >= 11 is 5.80. The predicted molar refractivity (Wildman–Crippen MR) is 75.3 cm³/mol. The van der Waals surface area contributed by atoms with Gasteiger partial charge in [-0.05, 0) is 18.2 Å². The second-order valence-corrected chi connectivity index (χ2v) is 4.55. The Morgan fingerprint density at radius 3 is 2.53 bits per heavy atom. The average Bonchev–Trinajstić information content (AvgIpc) is 2.36. The molecule has 0 fully saturated rings. The summed E-state index contributed by atoms with van der Waals surface area (Å²) in [4.78, 5) is 24.5. The third-order valence-electron chi connectivity index (χ3n) is 2.35. The van der Waals surface area contributed by atoms with Crippen molar-refractivity contribution < 1.29 is 9.59 Å². The summed E-state index contributed by atoms with van der Waals surface area (Å²) in [5.41, 5.74) is 6.37. The minimum atomic E-state index is -0.320. The lowest BCUT2D eigenvalue weighted by molar-refractivity contribution is 0.0954. The number of carbonyl (C=O) groups is 2. The molecule has 7 heteroatoms. The monoisotopic (exact) mass is 284 g/mol. The van der Waals surface area contributed by atoms with Gasteiger partial charge in [0.2, 0.25) is 0 Å². The zero-order valence-electron chi connectivity index (χ0n) is 10.9. The largest absolute Gasteiger partial charge is 0.398 e. The van der Waals surface area contributed by atoms with Crippen molar-refractivity contribution >= 4 is 29.2 Å². The normalized spacial score (nSPS) is 9.84. The van der Waals surface area contributed by atoms with E-state index in [0.29, 0.717) is 29.4 Å². The Morgan fingerprint density at radius 1 is 1.26 bits per heavy atom. The number of nitrogens with zero attached hydrogens (tertiary/aromatic N) is 1. The zero-order chi connectivity index (χ0) is 14.4. The molecule has 6 nitrogen and oxygen atoms in total. The molecule has 0 aromatic heterocycles. The van der Waals surface area contributed by atoms with Crippen molar-refractivity contribution in [2.45, 2.75) is 0 Å². The number of nitrogen functional groups attached to an aromatic ring is 1. The predicted octanol–water partition coefficient (Wildman–Crippen LogP) is 0.923. The number of amides is 3. The Kier molecular flexibility index (Phi) is 5.44. The summed E-state index contributed by atoms with van der Waals surface area (Å²) in [7, 11) is 3.28. The number of hydrogen-bond acceptors (Lipinski definition) is 3. The van der Waals surface area contributed by atoms with Crippen LogP contribution in [0.3, 0.4) is 0 Å². The lowest BCUT2D eigenvalue weighted by Crippen LogP contribution is -2.39. The quantitative estimate of drug-likeness (QED) is 0.568. The number of anilines is 1. The maximum absolute atomic E-state index is 11.8. The Morgan fingerprint density at radius 2 is 1.89 bits per heavy atom. The van der Waals surface area contributed by atoms with Crippen LogP contribution in [0.2, 0.25) is 5.02 Å². The third kappa shape index (κ3) is 4.67. The first-order valence-corrected chi connectivity index (χ1v) is 6.08. The van der Waals surface area contributed by atoms with Gasteiger partial charge in [0.05, 0.1) is 5.56 Å². The fourth-order valence-corrected chi connectivity index (χ4v) is 1.50. The Bertz CT molecular complexity index is 477. The molecule has 1 aromatic carbocycles. The van der Waals surface area contributed by atoms with E-state index < -0.39 is 0 Å². The van der Waals surface area contributed by atoms with Gasteiger partial charge in [-0.3, -0.25) is 4.79 Å². The average molecular weight is 285 g/mol. The number of nitrogens with two attached hydrogens (primary N) is 1. The van der Waals surface area contributed by atoms with Gasteiger partial charge < -0.3 is 21.3 Å². The minimum Gasteiger partial charge on any atom is -0.398 e. The van der Waals surface area contributed by atoms with Crippen molar-refractivity contribution in [3.05, 3.63) is 28.8 Å². The van der Waals surface area contributed by atoms with E-state index in [9.17, 15) is 9.59 Å².